The Labute approximate surface area is 188 Å². The Balaban J connectivity index is 1.45. The van der Waals surface area contributed by atoms with Gasteiger partial charge < -0.3 is 15.4 Å². The number of carbonyl (C=O) groups is 1. The molecule has 2 N–H and O–H groups in total. The van der Waals surface area contributed by atoms with E-state index >= 15 is 0 Å². The Bertz CT molecular complexity index is 1300. The van der Waals surface area contributed by atoms with Gasteiger partial charge in [0.25, 0.3) is 0 Å². The maximum Gasteiger partial charge on any atom is 0.323 e. The van der Waals surface area contributed by atoms with Gasteiger partial charge in [-0.25, -0.2) is 23.5 Å². The van der Waals surface area contributed by atoms with Gasteiger partial charge in [0.1, 0.15) is 41.0 Å². The number of para-hydroxylation sites is 1. The molecule has 2 aromatic heterocycles. The zero-order chi connectivity index (χ0) is 23.5. The molecule has 4 rings (SSSR count). The minimum absolute atomic E-state index is 0.344. The van der Waals surface area contributed by atoms with Crippen molar-refractivity contribution in [1.82, 2.24) is 19.5 Å². The lowest BCUT2D eigenvalue weighted by atomic mass is 10.3. The summed E-state index contributed by atoms with van der Waals surface area (Å²) in [7, 11) is 0. The SMILES string of the molecule is Cc1nc(Oc2ccc(NC(=O)Nc3c(F)cccc3F)cc2)cc(-n2cnc(C)c2C)n1. The maximum atomic E-state index is 13.7. The van der Waals surface area contributed by atoms with Crippen molar-refractivity contribution in [3.05, 3.63) is 83.7 Å². The number of carbonyl (C=O) groups excluding carboxylic acids is 1. The third kappa shape index (κ3) is 4.95. The van der Waals surface area contributed by atoms with Gasteiger partial charge in [-0.2, -0.15) is 4.98 Å². The number of aromatic nitrogens is 4. The predicted octanol–water partition coefficient (Wildman–Crippen LogP) is 5.30. The van der Waals surface area contributed by atoms with Gasteiger partial charge in [-0.1, -0.05) is 6.07 Å². The van der Waals surface area contributed by atoms with Crippen LogP contribution in [0.4, 0.5) is 25.0 Å². The van der Waals surface area contributed by atoms with Crippen LogP contribution in [0.15, 0.2) is 54.9 Å². The third-order valence-electron chi connectivity index (χ3n) is 4.84. The van der Waals surface area contributed by atoms with Crippen LogP contribution < -0.4 is 15.4 Å². The Morgan fingerprint density at radius 2 is 1.67 bits per heavy atom. The quantitative estimate of drug-likeness (QED) is 0.430. The standard InChI is InChI=1S/C23H20F2N6O2/c1-13-14(2)31(12-26-13)20-11-21(28-15(3)27-20)33-17-9-7-16(8-10-17)29-23(32)30-22-18(24)5-4-6-19(22)25/h4-12H,1-3H3,(H2,29,30,32). The highest BCUT2D eigenvalue weighted by Crippen LogP contribution is 2.24. The highest BCUT2D eigenvalue weighted by molar-refractivity contribution is 5.99. The molecule has 2 heterocycles. The molecule has 0 aliphatic heterocycles. The van der Waals surface area contributed by atoms with E-state index in [2.05, 4.69) is 25.6 Å². The first kappa shape index (κ1) is 21.9. The fourth-order valence-corrected chi connectivity index (χ4v) is 3.05. The normalized spacial score (nSPS) is 10.7. The number of hydrogen-bond donors (Lipinski definition) is 2. The fraction of sp³-hybridized carbons (Fsp3) is 0.130. The lowest BCUT2D eigenvalue weighted by Gasteiger charge is -2.11. The molecule has 0 unspecified atom stereocenters. The van der Waals surface area contributed by atoms with Gasteiger partial charge in [-0.15, -0.1) is 0 Å². The van der Waals surface area contributed by atoms with Crippen LogP contribution in [0.5, 0.6) is 11.6 Å². The van der Waals surface area contributed by atoms with E-state index in [0.717, 1.165) is 23.5 Å². The zero-order valence-corrected chi connectivity index (χ0v) is 18.1. The molecule has 0 atom stereocenters. The van der Waals surface area contributed by atoms with E-state index in [4.69, 9.17) is 4.74 Å². The number of ether oxygens (including phenoxy) is 1. The first-order valence-electron chi connectivity index (χ1n) is 9.96. The van der Waals surface area contributed by atoms with Crippen LogP contribution in [0.25, 0.3) is 5.82 Å². The fourth-order valence-electron chi connectivity index (χ4n) is 3.05. The van der Waals surface area contributed by atoms with Crippen LogP contribution in [0.3, 0.4) is 0 Å². The van der Waals surface area contributed by atoms with Crippen molar-refractivity contribution in [2.75, 3.05) is 10.6 Å². The molecule has 2 amide bonds. The Morgan fingerprint density at radius 3 is 2.30 bits per heavy atom. The molecular weight excluding hydrogens is 430 g/mol. The number of nitrogens with zero attached hydrogens (tertiary/aromatic N) is 4. The van der Waals surface area contributed by atoms with Crippen molar-refractivity contribution in [1.29, 1.82) is 0 Å². The van der Waals surface area contributed by atoms with Crippen molar-refractivity contribution in [2.24, 2.45) is 0 Å². The zero-order valence-electron chi connectivity index (χ0n) is 18.1. The van der Waals surface area contributed by atoms with Crippen molar-refractivity contribution in [3.8, 4) is 17.4 Å². The van der Waals surface area contributed by atoms with Crippen LogP contribution in [-0.4, -0.2) is 25.6 Å². The van der Waals surface area contributed by atoms with Crippen molar-refractivity contribution >= 4 is 17.4 Å². The first-order chi connectivity index (χ1) is 15.8. The Kier molecular flexibility index (Phi) is 5.99. The first-order valence-corrected chi connectivity index (χ1v) is 9.96. The van der Waals surface area contributed by atoms with Gasteiger partial charge in [0.2, 0.25) is 5.88 Å². The smallest absolute Gasteiger partial charge is 0.323 e. The van der Waals surface area contributed by atoms with Gasteiger partial charge in [-0.3, -0.25) is 4.57 Å². The highest BCUT2D eigenvalue weighted by atomic mass is 19.1. The molecule has 0 aliphatic carbocycles. The molecule has 2 aromatic carbocycles. The summed E-state index contributed by atoms with van der Waals surface area (Å²) in [6.45, 7) is 5.63. The number of anilines is 2. The largest absolute Gasteiger partial charge is 0.439 e. The van der Waals surface area contributed by atoms with E-state index in [9.17, 15) is 13.6 Å². The topological polar surface area (TPSA) is 94.0 Å². The number of imidazole rings is 1. The van der Waals surface area contributed by atoms with Crippen molar-refractivity contribution in [2.45, 2.75) is 20.8 Å². The van der Waals surface area contributed by atoms with Crippen LogP contribution in [-0.2, 0) is 0 Å². The minimum atomic E-state index is -0.866. The number of hydrogen-bond acceptors (Lipinski definition) is 5. The van der Waals surface area contributed by atoms with Gasteiger partial charge in [0, 0.05) is 17.4 Å². The molecule has 0 fully saturated rings. The average Bonchev–Trinajstić information content (AvgIpc) is 3.10. The molecule has 168 valence electrons. The van der Waals surface area contributed by atoms with Crippen molar-refractivity contribution < 1.29 is 18.3 Å². The Hall–Kier alpha value is -4.34. The summed E-state index contributed by atoms with van der Waals surface area (Å²) in [5, 5.41) is 4.67. The van der Waals surface area contributed by atoms with Gasteiger partial charge >= 0.3 is 6.03 Å². The van der Waals surface area contributed by atoms with Crippen LogP contribution >= 0.6 is 0 Å². The van der Waals surface area contributed by atoms with E-state index in [0.29, 0.717) is 29.0 Å². The van der Waals surface area contributed by atoms with Gasteiger partial charge in [0.15, 0.2) is 0 Å². The maximum absolute atomic E-state index is 13.7. The van der Waals surface area contributed by atoms with Crippen LogP contribution in [0, 0.1) is 32.4 Å². The molecule has 0 radical (unpaired) electrons. The number of aryl methyl sites for hydroxylation is 2. The molecule has 10 heteroatoms. The summed E-state index contributed by atoms with van der Waals surface area (Å²) in [4.78, 5) is 25.1. The lowest BCUT2D eigenvalue weighted by molar-refractivity contribution is 0.262. The third-order valence-corrected chi connectivity index (χ3v) is 4.84. The number of amides is 2. The van der Waals surface area contributed by atoms with Gasteiger partial charge in [0.05, 0.1) is 5.69 Å². The van der Waals surface area contributed by atoms with Crippen molar-refractivity contribution in [3.63, 3.8) is 0 Å². The van der Waals surface area contributed by atoms with E-state index < -0.39 is 23.4 Å². The number of benzene rings is 2. The summed E-state index contributed by atoms with van der Waals surface area (Å²) >= 11 is 0. The molecular formula is C23H20F2N6O2. The van der Waals surface area contributed by atoms with E-state index in [1.165, 1.54) is 6.07 Å². The highest BCUT2D eigenvalue weighted by Gasteiger charge is 2.13. The van der Waals surface area contributed by atoms with Crippen LogP contribution in [0.2, 0.25) is 0 Å². The average molecular weight is 450 g/mol. The van der Waals surface area contributed by atoms with E-state index in [1.807, 2.05) is 18.4 Å². The Morgan fingerprint density at radius 1 is 0.970 bits per heavy atom. The molecule has 0 aliphatic rings. The molecule has 0 saturated heterocycles. The molecule has 33 heavy (non-hydrogen) atoms. The number of rotatable bonds is 5. The van der Waals surface area contributed by atoms with Crippen LogP contribution in [0.1, 0.15) is 17.2 Å². The second kappa shape index (κ2) is 9.03. The summed E-state index contributed by atoms with van der Waals surface area (Å²) in [5.74, 6) is 0.249. The molecule has 0 bridgehead atoms. The van der Waals surface area contributed by atoms with E-state index in [1.54, 1.807) is 43.6 Å². The lowest BCUT2D eigenvalue weighted by Crippen LogP contribution is -2.20. The summed E-state index contributed by atoms with van der Waals surface area (Å²) < 4.78 is 35.1. The molecule has 4 aromatic rings. The second-order valence-electron chi connectivity index (χ2n) is 7.20. The second-order valence-corrected chi connectivity index (χ2v) is 7.20. The number of halogens is 2. The number of nitrogens with one attached hydrogen (secondary N) is 2. The number of urea groups is 1. The summed E-state index contributed by atoms with van der Waals surface area (Å²) in [6.07, 6.45) is 1.69. The predicted molar refractivity (Wildman–Crippen MR) is 119 cm³/mol. The summed E-state index contributed by atoms with van der Waals surface area (Å²) in [5.41, 5.74) is 1.75. The minimum Gasteiger partial charge on any atom is -0.439 e. The van der Waals surface area contributed by atoms with Gasteiger partial charge in [-0.05, 0) is 57.2 Å². The molecule has 8 nitrogen and oxygen atoms in total. The molecule has 0 spiro atoms. The molecule has 0 saturated carbocycles. The summed E-state index contributed by atoms with van der Waals surface area (Å²) in [6, 6.07) is 10.7. The van der Waals surface area contributed by atoms with E-state index in [-0.39, 0.29) is 0 Å². The monoisotopic (exact) mass is 450 g/mol.